The molecule has 0 saturated carbocycles. The van der Waals surface area contributed by atoms with Crippen LogP contribution in [0, 0.1) is 10.1 Å². The van der Waals surface area contributed by atoms with Crippen LogP contribution in [0.25, 0.3) is 0 Å². The van der Waals surface area contributed by atoms with Crippen molar-refractivity contribution in [2.45, 2.75) is 50.7 Å². The molecule has 2 aliphatic rings. The Bertz CT molecular complexity index is 633. The highest BCUT2D eigenvalue weighted by Crippen LogP contribution is 2.22. The zero-order chi connectivity index (χ0) is 19.2. The Labute approximate surface area is 160 Å². The molecule has 0 spiro atoms. The molecule has 0 atom stereocenters. The summed E-state index contributed by atoms with van der Waals surface area (Å²) < 4.78 is 5.44. The number of benzene rings is 1. The Kier molecular flexibility index (Phi) is 6.79. The maximum atomic E-state index is 12.5. The van der Waals surface area contributed by atoms with E-state index in [4.69, 9.17) is 4.74 Å². The Morgan fingerprint density at radius 2 is 1.74 bits per heavy atom. The standard InChI is InChI=1S/C20H29N3O4/c1-27-19-10-14-21(15-11-19)17-8-12-22(13-9-17)20(24)7-4-16-2-5-18(6-3-16)23(25)26/h2-3,5-6,17,19H,4,7-15H2,1H3. The molecule has 0 aromatic heterocycles. The second-order valence-electron chi connectivity index (χ2n) is 7.51. The molecular weight excluding hydrogens is 346 g/mol. The van der Waals surface area contributed by atoms with Gasteiger partial charge in [0.25, 0.3) is 5.69 Å². The van der Waals surface area contributed by atoms with Gasteiger partial charge in [0.1, 0.15) is 0 Å². The number of carbonyl (C=O) groups excluding carboxylic acids is 1. The Hall–Kier alpha value is -1.99. The number of hydrogen-bond acceptors (Lipinski definition) is 5. The van der Waals surface area contributed by atoms with Gasteiger partial charge in [0, 0.05) is 57.9 Å². The summed E-state index contributed by atoms with van der Waals surface area (Å²) in [6.45, 7) is 3.84. The minimum atomic E-state index is -0.406. The van der Waals surface area contributed by atoms with E-state index < -0.39 is 4.92 Å². The third-order valence-corrected chi connectivity index (χ3v) is 5.92. The maximum Gasteiger partial charge on any atom is 0.269 e. The summed E-state index contributed by atoms with van der Waals surface area (Å²) >= 11 is 0. The number of nitro benzene ring substituents is 1. The predicted octanol–water partition coefficient (Wildman–Crippen LogP) is 2.63. The summed E-state index contributed by atoms with van der Waals surface area (Å²) in [5, 5.41) is 10.7. The highest BCUT2D eigenvalue weighted by atomic mass is 16.6. The Morgan fingerprint density at radius 3 is 2.30 bits per heavy atom. The van der Waals surface area contributed by atoms with Crippen LogP contribution in [-0.4, -0.2) is 66.1 Å². The summed E-state index contributed by atoms with van der Waals surface area (Å²) in [6, 6.07) is 7.06. The van der Waals surface area contributed by atoms with Crippen LogP contribution in [0.5, 0.6) is 0 Å². The molecular formula is C20H29N3O4. The molecule has 0 aliphatic carbocycles. The molecule has 2 heterocycles. The molecule has 0 N–H and O–H groups in total. The predicted molar refractivity (Wildman–Crippen MR) is 103 cm³/mol. The van der Waals surface area contributed by atoms with Gasteiger partial charge in [-0.2, -0.15) is 0 Å². The van der Waals surface area contributed by atoms with Crippen molar-refractivity contribution in [1.29, 1.82) is 0 Å². The first-order valence-corrected chi connectivity index (χ1v) is 9.85. The van der Waals surface area contributed by atoms with Gasteiger partial charge in [0.2, 0.25) is 5.91 Å². The molecule has 7 nitrogen and oxygen atoms in total. The van der Waals surface area contributed by atoms with E-state index in [1.165, 1.54) is 12.1 Å². The number of nitro groups is 1. The van der Waals surface area contributed by atoms with Crippen LogP contribution in [0.2, 0.25) is 0 Å². The van der Waals surface area contributed by atoms with Crippen molar-refractivity contribution in [2.24, 2.45) is 0 Å². The van der Waals surface area contributed by atoms with Crippen molar-refractivity contribution in [3.05, 3.63) is 39.9 Å². The maximum absolute atomic E-state index is 12.5. The molecule has 3 rings (SSSR count). The van der Waals surface area contributed by atoms with Gasteiger partial charge in [0.15, 0.2) is 0 Å². The number of hydrogen-bond donors (Lipinski definition) is 0. The van der Waals surface area contributed by atoms with Gasteiger partial charge in [0.05, 0.1) is 11.0 Å². The van der Waals surface area contributed by atoms with E-state index in [1.807, 2.05) is 4.90 Å². The van der Waals surface area contributed by atoms with Gasteiger partial charge >= 0.3 is 0 Å². The molecule has 2 fully saturated rings. The van der Waals surface area contributed by atoms with E-state index in [0.29, 0.717) is 25.0 Å². The van der Waals surface area contributed by atoms with Crippen LogP contribution in [0.15, 0.2) is 24.3 Å². The monoisotopic (exact) mass is 375 g/mol. The van der Waals surface area contributed by atoms with E-state index in [1.54, 1.807) is 19.2 Å². The minimum absolute atomic E-state index is 0.0849. The van der Waals surface area contributed by atoms with Crippen molar-refractivity contribution in [3.8, 4) is 0 Å². The van der Waals surface area contributed by atoms with Crippen LogP contribution in [-0.2, 0) is 16.0 Å². The number of methoxy groups -OCH3 is 1. The molecule has 0 bridgehead atoms. The van der Waals surface area contributed by atoms with Gasteiger partial charge < -0.3 is 14.5 Å². The van der Waals surface area contributed by atoms with E-state index in [-0.39, 0.29) is 11.6 Å². The summed E-state index contributed by atoms with van der Waals surface area (Å²) in [7, 11) is 1.79. The number of likely N-dealkylation sites (tertiary alicyclic amines) is 2. The number of rotatable bonds is 6. The lowest BCUT2D eigenvalue weighted by Gasteiger charge is -2.41. The number of ether oxygens (including phenoxy) is 1. The number of piperidine rings is 2. The summed E-state index contributed by atoms with van der Waals surface area (Å²) in [5.41, 5.74) is 1.05. The van der Waals surface area contributed by atoms with Gasteiger partial charge in [-0.05, 0) is 37.7 Å². The molecule has 0 radical (unpaired) electrons. The van der Waals surface area contributed by atoms with Gasteiger partial charge in [-0.15, -0.1) is 0 Å². The van der Waals surface area contributed by atoms with E-state index in [9.17, 15) is 14.9 Å². The molecule has 27 heavy (non-hydrogen) atoms. The number of amides is 1. The van der Waals surface area contributed by atoms with Gasteiger partial charge in [-0.1, -0.05) is 12.1 Å². The van der Waals surface area contributed by atoms with Crippen molar-refractivity contribution in [3.63, 3.8) is 0 Å². The fourth-order valence-corrected chi connectivity index (χ4v) is 4.15. The first kappa shape index (κ1) is 19.8. The summed E-state index contributed by atoms with van der Waals surface area (Å²) in [6.07, 6.45) is 5.78. The summed E-state index contributed by atoms with van der Waals surface area (Å²) in [4.78, 5) is 27.3. The molecule has 1 amide bonds. The smallest absolute Gasteiger partial charge is 0.269 e. The zero-order valence-electron chi connectivity index (χ0n) is 16.0. The quantitative estimate of drug-likeness (QED) is 0.564. The van der Waals surface area contributed by atoms with E-state index in [2.05, 4.69) is 4.90 Å². The van der Waals surface area contributed by atoms with Gasteiger partial charge in [-0.3, -0.25) is 14.9 Å². The third kappa shape index (κ3) is 5.26. The lowest BCUT2D eigenvalue weighted by atomic mass is 9.98. The third-order valence-electron chi connectivity index (χ3n) is 5.92. The molecule has 148 valence electrons. The van der Waals surface area contributed by atoms with Crippen LogP contribution >= 0.6 is 0 Å². The molecule has 1 aromatic carbocycles. The zero-order valence-corrected chi connectivity index (χ0v) is 16.0. The van der Waals surface area contributed by atoms with Crippen LogP contribution in [0.3, 0.4) is 0 Å². The van der Waals surface area contributed by atoms with E-state index >= 15 is 0 Å². The lowest BCUT2D eigenvalue weighted by Crippen LogP contribution is -2.49. The Morgan fingerprint density at radius 1 is 1.11 bits per heavy atom. The normalized spacial score (nSPS) is 20.0. The average molecular weight is 375 g/mol. The molecule has 0 unspecified atom stereocenters. The second kappa shape index (κ2) is 9.28. The number of non-ortho nitro benzene ring substituents is 1. The highest BCUT2D eigenvalue weighted by molar-refractivity contribution is 5.76. The first-order chi connectivity index (χ1) is 13.1. The first-order valence-electron chi connectivity index (χ1n) is 9.85. The molecule has 2 aliphatic heterocycles. The van der Waals surface area contributed by atoms with Gasteiger partial charge in [-0.25, -0.2) is 0 Å². The van der Waals surface area contributed by atoms with Crippen molar-refractivity contribution in [2.75, 3.05) is 33.3 Å². The Balaban J connectivity index is 1.40. The fraction of sp³-hybridized carbons (Fsp3) is 0.650. The molecule has 1 aromatic rings. The van der Waals surface area contributed by atoms with Crippen LogP contribution in [0.4, 0.5) is 5.69 Å². The van der Waals surface area contributed by atoms with E-state index in [0.717, 1.165) is 57.4 Å². The average Bonchev–Trinajstić information content (AvgIpc) is 2.72. The number of nitrogens with zero attached hydrogens (tertiary/aromatic N) is 3. The topological polar surface area (TPSA) is 75.9 Å². The number of carbonyl (C=O) groups is 1. The van der Waals surface area contributed by atoms with Crippen LogP contribution < -0.4 is 0 Å². The SMILES string of the molecule is COC1CCN(C2CCN(C(=O)CCc3ccc([N+](=O)[O-])cc3)CC2)CC1. The largest absolute Gasteiger partial charge is 0.381 e. The van der Waals surface area contributed by atoms with Crippen molar-refractivity contribution < 1.29 is 14.5 Å². The van der Waals surface area contributed by atoms with Crippen molar-refractivity contribution >= 4 is 11.6 Å². The lowest BCUT2D eigenvalue weighted by molar-refractivity contribution is -0.384. The molecule has 7 heteroatoms. The molecule has 2 saturated heterocycles. The number of aryl methyl sites for hydroxylation is 1. The fourth-order valence-electron chi connectivity index (χ4n) is 4.15. The minimum Gasteiger partial charge on any atom is -0.381 e. The second-order valence-corrected chi connectivity index (χ2v) is 7.51. The summed E-state index contributed by atoms with van der Waals surface area (Å²) in [5.74, 6) is 0.185. The van der Waals surface area contributed by atoms with Crippen molar-refractivity contribution in [1.82, 2.24) is 9.80 Å². The van der Waals surface area contributed by atoms with Crippen LogP contribution in [0.1, 0.15) is 37.7 Å². The highest BCUT2D eigenvalue weighted by Gasteiger charge is 2.29.